The number of hydrogen-bond acceptors (Lipinski definition) is 6. The highest BCUT2D eigenvalue weighted by atomic mass is 35.5. The van der Waals surface area contributed by atoms with Crippen molar-refractivity contribution in [3.63, 3.8) is 0 Å². The molecule has 0 atom stereocenters. The number of anilines is 1. The van der Waals surface area contributed by atoms with Crippen molar-refractivity contribution in [2.75, 3.05) is 32.1 Å². The second-order valence-electron chi connectivity index (χ2n) is 7.59. The van der Waals surface area contributed by atoms with Crippen LogP contribution in [0.4, 0.5) is 11.4 Å². The standard InChI is InChI=1S/C21H21ClN4O3S/c1-24(2)17-5-3-14(11-18(17)26(28)29)21(27)25-9-7-13(8-10-25)20-23-16-12-15(22)4-6-19(16)30-20/h3-6,11-13H,7-10H2,1-2H3. The molecular weight excluding hydrogens is 424 g/mol. The first-order chi connectivity index (χ1) is 14.3. The number of rotatable bonds is 4. The van der Waals surface area contributed by atoms with Gasteiger partial charge in [-0.05, 0) is 43.2 Å². The zero-order valence-electron chi connectivity index (χ0n) is 16.7. The van der Waals surface area contributed by atoms with Crippen molar-refractivity contribution in [3.05, 3.63) is 62.1 Å². The van der Waals surface area contributed by atoms with Crippen LogP contribution < -0.4 is 4.90 Å². The molecule has 9 heteroatoms. The minimum Gasteiger partial charge on any atom is -0.372 e. The monoisotopic (exact) mass is 444 g/mol. The van der Waals surface area contributed by atoms with E-state index in [0.29, 0.717) is 35.3 Å². The first kappa shape index (κ1) is 20.6. The van der Waals surface area contributed by atoms with Crippen molar-refractivity contribution >= 4 is 50.4 Å². The number of halogens is 1. The van der Waals surface area contributed by atoms with E-state index in [1.54, 1.807) is 47.4 Å². The number of nitrogens with zero attached hydrogens (tertiary/aromatic N) is 4. The Hall–Kier alpha value is -2.71. The van der Waals surface area contributed by atoms with Crippen LogP contribution in [0.25, 0.3) is 10.2 Å². The molecule has 1 amide bonds. The van der Waals surface area contributed by atoms with Crippen molar-refractivity contribution in [1.82, 2.24) is 9.88 Å². The molecule has 4 rings (SSSR count). The Morgan fingerprint density at radius 1 is 1.23 bits per heavy atom. The van der Waals surface area contributed by atoms with Gasteiger partial charge in [0.2, 0.25) is 0 Å². The lowest BCUT2D eigenvalue weighted by atomic mass is 9.97. The summed E-state index contributed by atoms with van der Waals surface area (Å²) in [6.45, 7) is 1.20. The smallest absolute Gasteiger partial charge is 0.293 e. The maximum absolute atomic E-state index is 12.9. The summed E-state index contributed by atoms with van der Waals surface area (Å²) >= 11 is 7.73. The molecule has 1 aromatic heterocycles. The number of piperidine rings is 1. The molecular formula is C21H21ClN4O3S. The molecule has 30 heavy (non-hydrogen) atoms. The molecule has 0 spiro atoms. The van der Waals surface area contributed by atoms with Crippen LogP contribution in [0.5, 0.6) is 0 Å². The number of carbonyl (C=O) groups is 1. The van der Waals surface area contributed by atoms with Gasteiger partial charge < -0.3 is 9.80 Å². The molecule has 1 aliphatic rings. The summed E-state index contributed by atoms with van der Waals surface area (Å²) in [6, 6.07) is 10.4. The normalized spacial score (nSPS) is 14.8. The molecule has 0 radical (unpaired) electrons. The van der Waals surface area contributed by atoms with Crippen LogP contribution in [0.3, 0.4) is 0 Å². The number of hydrogen-bond donors (Lipinski definition) is 0. The lowest BCUT2D eigenvalue weighted by Gasteiger charge is -2.31. The lowest BCUT2D eigenvalue weighted by Crippen LogP contribution is -2.38. The maximum atomic E-state index is 12.9. The highest BCUT2D eigenvalue weighted by Crippen LogP contribution is 2.35. The second-order valence-corrected chi connectivity index (χ2v) is 9.08. The molecule has 1 saturated heterocycles. The molecule has 1 aliphatic heterocycles. The van der Waals surface area contributed by atoms with Gasteiger partial charge in [0.05, 0.1) is 20.1 Å². The van der Waals surface area contributed by atoms with E-state index in [0.717, 1.165) is 28.1 Å². The third-order valence-electron chi connectivity index (χ3n) is 5.40. The SMILES string of the molecule is CN(C)c1ccc(C(=O)N2CCC(c3nc4cc(Cl)ccc4s3)CC2)cc1[N+](=O)[O-]. The Kier molecular flexibility index (Phi) is 5.62. The number of thiazole rings is 1. The van der Waals surface area contributed by atoms with E-state index in [1.165, 1.54) is 6.07 Å². The van der Waals surface area contributed by atoms with E-state index in [2.05, 4.69) is 0 Å². The van der Waals surface area contributed by atoms with Crippen LogP contribution in [0.2, 0.25) is 5.02 Å². The van der Waals surface area contributed by atoms with Crippen LogP contribution in [-0.4, -0.2) is 47.9 Å². The van der Waals surface area contributed by atoms with Crippen molar-refractivity contribution < 1.29 is 9.72 Å². The lowest BCUT2D eigenvalue weighted by molar-refractivity contribution is -0.384. The first-order valence-corrected chi connectivity index (χ1v) is 10.8. The number of nitro benzene ring substituents is 1. The first-order valence-electron chi connectivity index (χ1n) is 9.64. The zero-order valence-corrected chi connectivity index (χ0v) is 18.2. The fourth-order valence-electron chi connectivity index (χ4n) is 3.79. The molecule has 0 N–H and O–H groups in total. The summed E-state index contributed by atoms with van der Waals surface area (Å²) < 4.78 is 1.11. The van der Waals surface area contributed by atoms with Gasteiger partial charge in [0.1, 0.15) is 5.69 Å². The van der Waals surface area contributed by atoms with E-state index < -0.39 is 4.92 Å². The summed E-state index contributed by atoms with van der Waals surface area (Å²) in [5.41, 5.74) is 1.68. The quantitative estimate of drug-likeness (QED) is 0.420. The topological polar surface area (TPSA) is 79.6 Å². The Labute approximate surface area is 183 Å². The van der Waals surface area contributed by atoms with Gasteiger partial charge in [-0.1, -0.05) is 11.6 Å². The Balaban J connectivity index is 1.47. The van der Waals surface area contributed by atoms with Gasteiger partial charge in [0.25, 0.3) is 11.6 Å². The van der Waals surface area contributed by atoms with Crippen LogP contribution >= 0.6 is 22.9 Å². The van der Waals surface area contributed by atoms with Gasteiger partial charge in [0, 0.05) is 49.8 Å². The molecule has 0 saturated carbocycles. The third kappa shape index (κ3) is 3.97. The molecule has 3 aromatic rings. The van der Waals surface area contributed by atoms with Crippen molar-refractivity contribution in [2.24, 2.45) is 0 Å². The molecule has 7 nitrogen and oxygen atoms in total. The van der Waals surface area contributed by atoms with Gasteiger partial charge in [-0.2, -0.15) is 0 Å². The van der Waals surface area contributed by atoms with E-state index in [4.69, 9.17) is 16.6 Å². The Morgan fingerprint density at radius 3 is 2.63 bits per heavy atom. The van der Waals surface area contributed by atoms with Crippen LogP contribution in [0.15, 0.2) is 36.4 Å². The highest BCUT2D eigenvalue weighted by molar-refractivity contribution is 7.18. The van der Waals surface area contributed by atoms with Gasteiger partial charge in [-0.15, -0.1) is 11.3 Å². The van der Waals surface area contributed by atoms with Crippen molar-refractivity contribution in [3.8, 4) is 0 Å². The zero-order chi connectivity index (χ0) is 21.4. The fraction of sp³-hybridized carbons (Fsp3) is 0.333. The maximum Gasteiger partial charge on any atom is 0.293 e. The van der Waals surface area contributed by atoms with E-state index >= 15 is 0 Å². The molecule has 1 fully saturated rings. The largest absolute Gasteiger partial charge is 0.372 e. The Morgan fingerprint density at radius 2 is 1.97 bits per heavy atom. The molecule has 0 bridgehead atoms. The average Bonchev–Trinajstić information content (AvgIpc) is 3.16. The predicted octanol–water partition coefficient (Wildman–Crippen LogP) is 4.94. The van der Waals surface area contributed by atoms with Crippen LogP contribution in [-0.2, 0) is 0 Å². The average molecular weight is 445 g/mol. The molecule has 156 valence electrons. The minimum absolute atomic E-state index is 0.0612. The number of benzene rings is 2. The highest BCUT2D eigenvalue weighted by Gasteiger charge is 2.28. The number of likely N-dealkylation sites (tertiary alicyclic amines) is 1. The summed E-state index contributed by atoms with van der Waals surface area (Å²) in [5, 5.41) is 13.2. The molecule has 0 aliphatic carbocycles. The second kappa shape index (κ2) is 8.20. The predicted molar refractivity (Wildman–Crippen MR) is 120 cm³/mol. The van der Waals surface area contributed by atoms with E-state index in [-0.39, 0.29) is 11.6 Å². The van der Waals surface area contributed by atoms with Crippen molar-refractivity contribution in [1.29, 1.82) is 0 Å². The van der Waals surface area contributed by atoms with Gasteiger partial charge in [0.15, 0.2) is 0 Å². The summed E-state index contributed by atoms with van der Waals surface area (Å²) in [4.78, 5) is 32.1. The van der Waals surface area contributed by atoms with Crippen LogP contribution in [0.1, 0.15) is 34.1 Å². The number of fused-ring (bicyclic) bond motifs is 1. The van der Waals surface area contributed by atoms with Gasteiger partial charge in [-0.25, -0.2) is 4.98 Å². The summed E-state index contributed by atoms with van der Waals surface area (Å²) in [7, 11) is 3.48. The van der Waals surface area contributed by atoms with Crippen molar-refractivity contribution in [2.45, 2.75) is 18.8 Å². The summed E-state index contributed by atoms with van der Waals surface area (Å²) in [6.07, 6.45) is 1.63. The minimum atomic E-state index is -0.447. The third-order valence-corrected chi connectivity index (χ3v) is 6.83. The fourth-order valence-corrected chi connectivity index (χ4v) is 5.07. The van der Waals surface area contributed by atoms with Gasteiger partial charge in [-0.3, -0.25) is 14.9 Å². The number of aromatic nitrogens is 1. The van der Waals surface area contributed by atoms with E-state index in [1.807, 2.05) is 18.2 Å². The molecule has 2 aromatic carbocycles. The number of amides is 1. The summed E-state index contributed by atoms with van der Waals surface area (Å²) in [5.74, 6) is 0.133. The number of carbonyl (C=O) groups excluding carboxylic acids is 1. The van der Waals surface area contributed by atoms with Gasteiger partial charge >= 0.3 is 0 Å². The van der Waals surface area contributed by atoms with E-state index in [9.17, 15) is 14.9 Å². The molecule has 2 heterocycles. The molecule has 0 unspecified atom stereocenters. The number of nitro groups is 1. The van der Waals surface area contributed by atoms with Crippen LogP contribution in [0, 0.1) is 10.1 Å². The Bertz CT molecular complexity index is 1120.